The van der Waals surface area contributed by atoms with Crippen molar-refractivity contribution in [2.45, 2.75) is 0 Å². The summed E-state index contributed by atoms with van der Waals surface area (Å²) in [6, 6.07) is 0. The average Bonchev–Trinajstić information content (AvgIpc) is 2.39. The molecule has 0 aliphatic carbocycles. The van der Waals surface area contributed by atoms with Gasteiger partial charge in [0.1, 0.15) is 5.51 Å². The Balaban J connectivity index is 2.19. The number of anilines is 1. The third-order valence-corrected chi connectivity index (χ3v) is 1.30. The number of nitrogens with one attached hydrogen (secondary N) is 1. The maximum Gasteiger partial charge on any atom is 0.332 e. The number of hydrogen-bond donors (Lipinski definition) is 2. The maximum atomic E-state index is 9.93. The molecular weight excluding hydrogens is 170 g/mol. The van der Waals surface area contributed by atoms with E-state index in [2.05, 4.69) is 20.5 Å². The molecule has 0 saturated carbocycles. The third kappa shape index (κ3) is 2.92. The van der Waals surface area contributed by atoms with Gasteiger partial charge in [0, 0.05) is 0 Å². The number of rotatable bonds is 4. The lowest BCUT2D eigenvalue weighted by molar-refractivity contribution is -0.141. The minimum atomic E-state index is -1.04. The normalized spacial score (nSPS) is 9.45. The van der Waals surface area contributed by atoms with Crippen molar-refractivity contribution in [2.24, 2.45) is 0 Å². The lowest BCUT2D eigenvalue weighted by atomic mass is 10.8. The van der Waals surface area contributed by atoms with Gasteiger partial charge < -0.3 is 5.11 Å². The molecule has 2 N–H and O–H groups in total. The Morgan fingerprint density at radius 1 is 1.91 bits per heavy atom. The molecule has 0 unspecified atom stereocenters. The van der Waals surface area contributed by atoms with Crippen LogP contribution < -0.4 is 5.48 Å². The van der Waals surface area contributed by atoms with E-state index in [1.54, 1.807) is 0 Å². The predicted molar refractivity (Wildman–Crippen MR) is 37.1 cm³/mol. The largest absolute Gasteiger partial charge is 0.479 e. The van der Waals surface area contributed by atoms with E-state index in [0.29, 0.717) is 5.13 Å². The van der Waals surface area contributed by atoms with Crippen LogP contribution in [0.25, 0.3) is 0 Å². The van der Waals surface area contributed by atoms with E-state index in [9.17, 15) is 4.79 Å². The first-order valence-corrected chi connectivity index (χ1v) is 3.53. The van der Waals surface area contributed by atoms with Crippen molar-refractivity contribution in [1.29, 1.82) is 0 Å². The van der Waals surface area contributed by atoms with Crippen molar-refractivity contribution in [3.8, 4) is 0 Å². The van der Waals surface area contributed by atoms with Gasteiger partial charge in [-0.2, -0.15) is 0 Å². The molecule has 1 aromatic rings. The molecule has 0 radical (unpaired) electrons. The zero-order valence-corrected chi connectivity index (χ0v) is 6.17. The van der Waals surface area contributed by atoms with Crippen LogP contribution in [0.5, 0.6) is 0 Å². The molecule has 0 atom stereocenters. The number of aromatic nitrogens is 2. The van der Waals surface area contributed by atoms with Crippen molar-refractivity contribution in [3.63, 3.8) is 0 Å². The molecule has 0 fully saturated rings. The molecule has 0 aliphatic rings. The third-order valence-electron chi connectivity index (χ3n) is 0.715. The van der Waals surface area contributed by atoms with E-state index in [1.807, 2.05) is 0 Å². The van der Waals surface area contributed by atoms with Crippen LogP contribution in [-0.2, 0) is 9.63 Å². The molecule has 60 valence electrons. The second-order valence-electron chi connectivity index (χ2n) is 1.53. The van der Waals surface area contributed by atoms with Crippen LogP contribution in [0.2, 0.25) is 0 Å². The highest BCUT2D eigenvalue weighted by Crippen LogP contribution is 2.06. The zero-order valence-electron chi connectivity index (χ0n) is 5.35. The van der Waals surface area contributed by atoms with Gasteiger partial charge in [-0.25, -0.2) is 10.3 Å². The first-order valence-electron chi connectivity index (χ1n) is 2.65. The molecule has 1 rings (SSSR count). The fourth-order valence-corrected chi connectivity index (χ4v) is 0.773. The highest BCUT2D eigenvalue weighted by Gasteiger charge is 1.97. The molecule has 6 nitrogen and oxygen atoms in total. The summed E-state index contributed by atoms with van der Waals surface area (Å²) in [6.45, 7) is -0.403. The molecular formula is C4H5N3O3S. The van der Waals surface area contributed by atoms with E-state index in [1.165, 1.54) is 16.8 Å². The van der Waals surface area contributed by atoms with Crippen molar-refractivity contribution < 1.29 is 14.7 Å². The fourth-order valence-electron chi connectivity index (χ4n) is 0.377. The fraction of sp³-hybridized carbons (Fsp3) is 0.250. The number of aliphatic carboxylic acids is 1. The van der Waals surface area contributed by atoms with Gasteiger partial charge in [-0.3, -0.25) is 4.84 Å². The topological polar surface area (TPSA) is 84.3 Å². The predicted octanol–water partition coefficient (Wildman–Crippen LogP) is -0.0338. The summed E-state index contributed by atoms with van der Waals surface area (Å²) in [7, 11) is 0. The summed E-state index contributed by atoms with van der Waals surface area (Å²) in [5.74, 6) is -1.04. The summed E-state index contributed by atoms with van der Waals surface area (Å²) in [5, 5.41) is 15.6. The minimum Gasteiger partial charge on any atom is -0.479 e. The Hall–Kier alpha value is -1.21. The molecule has 0 spiro atoms. The molecule has 1 aromatic heterocycles. The summed E-state index contributed by atoms with van der Waals surface area (Å²) in [4.78, 5) is 14.4. The van der Waals surface area contributed by atoms with Crippen molar-refractivity contribution in [1.82, 2.24) is 10.2 Å². The highest BCUT2D eigenvalue weighted by atomic mass is 32.1. The van der Waals surface area contributed by atoms with Crippen LogP contribution in [-0.4, -0.2) is 27.9 Å². The molecule has 7 heteroatoms. The second kappa shape index (κ2) is 3.84. The number of hydrogen-bond acceptors (Lipinski definition) is 6. The SMILES string of the molecule is O=C(O)CONc1nncs1. The highest BCUT2D eigenvalue weighted by molar-refractivity contribution is 7.13. The first-order chi connectivity index (χ1) is 5.29. The van der Waals surface area contributed by atoms with Gasteiger partial charge in [-0.1, -0.05) is 11.3 Å². The number of nitrogens with zero attached hydrogens (tertiary/aromatic N) is 2. The average molecular weight is 175 g/mol. The van der Waals surface area contributed by atoms with E-state index >= 15 is 0 Å². The Morgan fingerprint density at radius 3 is 3.27 bits per heavy atom. The Bertz CT molecular complexity index is 224. The summed E-state index contributed by atoms with van der Waals surface area (Å²) < 4.78 is 0. The van der Waals surface area contributed by atoms with Crippen LogP contribution >= 0.6 is 11.3 Å². The van der Waals surface area contributed by atoms with Crippen molar-refractivity contribution >= 4 is 22.4 Å². The summed E-state index contributed by atoms with van der Waals surface area (Å²) in [6.07, 6.45) is 0. The van der Waals surface area contributed by atoms with Gasteiger partial charge >= 0.3 is 5.97 Å². The molecule has 0 saturated heterocycles. The molecule has 0 aromatic carbocycles. The smallest absolute Gasteiger partial charge is 0.332 e. The Morgan fingerprint density at radius 2 is 2.73 bits per heavy atom. The quantitative estimate of drug-likeness (QED) is 0.625. The van der Waals surface area contributed by atoms with E-state index in [0.717, 1.165) is 0 Å². The molecule has 11 heavy (non-hydrogen) atoms. The zero-order chi connectivity index (χ0) is 8.10. The van der Waals surface area contributed by atoms with Crippen LogP contribution in [0, 0.1) is 0 Å². The lowest BCUT2D eigenvalue weighted by Crippen LogP contribution is -2.11. The lowest BCUT2D eigenvalue weighted by Gasteiger charge is -1.97. The van der Waals surface area contributed by atoms with Crippen LogP contribution in [0.15, 0.2) is 5.51 Å². The minimum absolute atomic E-state index is 0.403. The standard InChI is InChI=1S/C4H5N3O3S/c8-3(9)1-10-7-4-6-5-2-11-4/h2H,1H2,(H,6,7)(H,8,9). The Kier molecular flexibility index (Phi) is 2.75. The molecule has 0 bridgehead atoms. The van der Waals surface area contributed by atoms with Gasteiger partial charge in [0.05, 0.1) is 0 Å². The molecule has 0 aliphatic heterocycles. The van der Waals surface area contributed by atoms with Gasteiger partial charge in [0.15, 0.2) is 6.61 Å². The van der Waals surface area contributed by atoms with Gasteiger partial charge in [0.2, 0.25) is 5.13 Å². The second-order valence-corrected chi connectivity index (χ2v) is 2.36. The first kappa shape index (κ1) is 7.89. The summed E-state index contributed by atoms with van der Waals surface area (Å²) in [5.41, 5.74) is 3.83. The van der Waals surface area contributed by atoms with E-state index in [4.69, 9.17) is 5.11 Å². The number of carbonyl (C=O) groups is 1. The summed E-state index contributed by atoms with van der Waals surface area (Å²) >= 11 is 1.22. The Labute approximate surface area is 65.8 Å². The number of carboxylic acid groups (broad SMARTS) is 1. The van der Waals surface area contributed by atoms with Gasteiger partial charge in [-0.15, -0.1) is 10.2 Å². The van der Waals surface area contributed by atoms with Crippen LogP contribution in [0.3, 0.4) is 0 Å². The van der Waals surface area contributed by atoms with Crippen LogP contribution in [0.4, 0.5) is 5.13 Å². The molecule has 0 amide bonds. The maximum absolute atomic E-state index is 9.93. The van der Waals surface area contributed by atoms with E-state index in [-0.39, 0.29) is 0 Å². The van der Waals surface area contributed by atoms with Crippen molar-refractivity contribution in [3.05, 3.63) is 5.51 Å². The van der Waals surface area contributed by atoms with Crippen molar-refractivity contribution in [2.75, 3.05) is 12.1 Å². The van der Waals surface area contributed by atoms with Crippen LogP contribution in [0.1, 0.15) is 0 Å². The number of carboxylic acids is 1. The van der Waals surface area contributed by atoms with Gasteiger partial charge in [-0.05, 0) is 0 Å². The molecule has 1 heterocycles. The van der Waals surface area contributed by atoms with Gasteiger partial charge in [0.25, 0.3) is 0 Å². The monoisotopic (exact) mass is 175 g/mol. The van der Waals surface area contributed by atoms with E-state index < -0.39 is 12.6 Å².